The summed E-state index contributed by atoms with van der Waals surface area (Å²) in [4.78, 5) is 26.6. The van der Waals surface area contributed by atoms with Gasteiger partial charge in [-0.2, -0.15) is 10.5 Å². The Morgan fingerprint density at radius 2 is 1.67 bits per heavy atom. The van der Waals surface area contributed by atoms with Crippen LogP contribution in [0.15, 0.2) is 0 Å². The molecule has 0 rings (SSSR count). The van der Waals surface area contributed by atoms with Gasteiger partial charge in [0.2, 0.25) is 5.91 Å². The smallest absolute Gasteiger partial charge is 0.307 e. The van der Waals surface area contributed by atoms with E-state index >= 15 is 0 Å². The van der Waals surface area contributed by atoms with Gasteiger partial charge in [0, 0.05) is 19.6 Å². The highest BCUT2D eigenvalue weighted by Gasteiger charge is 2.15. The van der Waals surface area contributed by atoms with Crippen molar-refractivity contribution >= 4 is 11.9 Å². The molecule has 0 heterocycles. The fraction of sp³-hybridized carbons (Fsp3) is 0.714. The average Bonchev–Trinajstić information content (AvgIpc) is 2.45. The second-order valence-corrected chi connectivity index (χ2v) is 4.49. The number of hydrogen-bond acceptors (Lipinski definition) is 6. The van der Waals surface area contributed by atoms with Crippen molar-refractivity contribution in [3.05, 3.63) is 0 Å². The highest BCUT2D eigenvalue weighted by atomic mass is 16.5. The van der Waals surface area contributed by atoms with Crippen LogP contribution in [0.2, 0.25) is 0 Å². The summed E-state index contributed by atoms with van der Waals surface area (Å²) in [7, 11) is 1.74. The molecular formula is C14H22N4O3. The van der Waals surface area contributed by atoms with Crippen molar-refractivity contribution in [1.29, 1.82) is 10.5 Å². The quantitative estimate of drug-likeness (QED) is 0.545. The third-order valence-electron chi connectivity index (χ3n) is 2.75. The summed E-state index contributed by atoms with van der Waals surface area (Å²) >= 11 is 0. The fourth-order valence-corrected chi connectivity index (χ4v) is 1.66. The summed E-state index contributed by atoms with van der Waals surface area (Å²) in [6.07, 6.45) is 0.710. The molecule has 0 aromatic carbocycles. The molecule has 0 aliphatic carbocycles. The van der Waals surface area contributed by atoms with E-state index in [9.17, 15) is 9.59 Å². The highest BCUT2D eigenvalue weighted by Crippen LogP contribution is 1.98. The molecule has 116 valence electrons. The van der Waals surface area contributed by atoms with Gasteiger partial charge in [-0.05, 0) is 14.0 Å². The molecule has 0 aliphatic rings. The summed E-state index contributed by atoms with van der Waals surface area (Å²) in [5.41, 5.74) is 0. The molecule has 0 bridgehead atoms. The Hall–Kier alpha value is -2.12. The number of esters is 1. The predicted octanol–water partition coefficient (Wildman–Crippen LogP) is 0.527. The number of rotatable bonds is 10. The first-order chi connectivity index (χ1) is 10.0. The number of ether oxygens (including phenoxy) is 1. The second kappa shape index (κ2) is 11.7. The molecule has 0 aliphatic heterocycles. The zero-order chi connectivity index (χ0) is 16.1. The van der Waals surface area contributed by atoms with Crippen LogP contribution in [0.5, 0.6) is 0 Å². The normalized spacial score (nSPS) is 9.76. The van der Waals surface area contributed by atoms with E-state index in [1.165, 1.54) is 4.90 Å². The second-order valence-electron chi connectivity index (χ2n) is 4.49. The molecule has 0 aromatic rings. The molecule has 7 nitrogen and oxygen atoms in total. The van der Waals surface area contributed by atoms with Gasteiger partial charge in [-0.15, -0.1) is 0 Å². The summed E-state index contributed by atoms with van der Waals surface area (Å²) in [5, 5.41) is 17.2. The average molecular weight is 294 g/mol. The number of carbonyl (C=O) groups is 2. The van der Waals surface area contributed by atoms with Crippen molar-refractivity contribution < 1.29 is 14.3 Å². The zero-order valence-electron chi connectivity index (χ0n) is 12.7. The van der Waals surface area contributed by atoms with Gasteiger partial charge in [-0.25, -0.2) is 0 Å². The lowest BCUT2D eigenvalue weighted by atomic mass is 10.3. The number of nitrogens with zero attached hydrogens (tertiary/aromatic N) is 4. The molecule has 0 saturated heterocycles. The van der Waals surface area contributed by atoms with Crippen molar-refractivity contribution in [3.8, 4) is 12.1 Å². The maximum Gasteiger partial charge on any atom is 0.307 e. The first kappa shape index (κ1) is 18.9. The van der Waals surface area contributed by atoms with E-state index in [-0.39, 0.29) is 37.7 Å². The minimum atomic E-state index is -0.289. The van der Waals surface area contributed by atoms with Crippen molar-refractivity contribution in [1.82, 2.24) is 9.80 Å². The van der Waals surface area contributed by atoms with E-state index in [1.807, 2.05) is 12.1 Å². The van der Waals surface area contributed by atoms with Crippen LogP contribution in [-0.2, 0) is 14.3 Å². The number of amides is 1. The summed E-state index contributed by atoms with van der Waals surface area (Å²) in [5.74, 6) is -0.436. The molecule has 0 aromatic heterocycles. The van der Waals surface area contributed by atoms with E-state index < -0.39 is 0 Å². The first-order valence-electron chi connectivity index (χ1n) is 6.91. The van der Waals surface area contributed by atoms with Gasteiger partial charge in [-0.1, -0.05) is 0 Å². The van der Waals surface area contributed by atoms with Crippen LogP contribution in [0.1, 0.15) is 26.2 Å². The van der Waals surface area contributed by atoms with E-state index in [0.717, 1.165) is 0 Å². The highest BCUT2D eigenvalue weighted by molar-refractivity contribution is 5.78. The molecule has 1 amide bonds. The fourth-order valence-electron chi connectivity index (χ4n) is 1.66. The van der Waals surface area contributed by atoms with Crippen LogP contribution in [0.4, 0.5) is 0 Å². The van der Waals surface area contributed by atoms with Gasteiger partial charge in [0.15, 0.2) is 0 Å². The Morgan fingerprint density at radius 1 is 1.10 bits per heavy atom. The van der Waals surface area contributed by atoms with E-state index in [4.69, 9.17) is 15.3 Å². The van der Waals surface area contributed by atoms with Crippen molar-refractivity contribution in [3.63, 3.8) is 0 Å². The lowest BCUT2D eigenvalue weighted by molar-refractivity contribution is -0.144. The van der Waals surface area contributed by atoms with E-state index in [2.05, 4.69) is 0 Å². The molecule has 0 fully saturated rings. The van der Waals surface area contributed by atoms with Crippen molar-refractivity contribution in [2.75, 3.05) is 39.8 Å². The Labute approximate surface area is 125 Å². The molecular weight excluding hydrogens is 272 g/mol. The van der Waals surface area contributed by atoms with Gasteiger partial charge in [0.1, 0.15) is 0 Å². The third kappa shape index (κ3) is 9.42. The maximum atomic E-state index is 12.1. The molecule has 0 N–H and O–H groups in total. The lowest BCUT2D eigenvalue weighted by Gasteiger charge is -2.23. The van der Waals surface area contributed by atoms with Crippen LogP contribution in [0.25, 0.3) is 0 Å². The van der Waals surface area contributed by atoms with Crippen LogP contribution < -0.4 is 0 Å². The predicted molar refractivity (Wildman–Crippen MR) is 75.8 cm³/mol. The van der Waals surface area contributed by atoms with Crippen molar-refractivity contribution in [2.24, 2.45) is 0 Å². The van der Waals surface area contributed by atoms with E-state index in [1.54, 1.807) is 18.9 Å². The lowest BCUT2D eigenvalue weighted by Crippen LogP contribution is -2.40. The first-order valence-corrected chi connectivity index (χ1v) is 6.91. The zero-order valence-corrected chi connectivity index (χ0v) is 12.7. The van der Waals surface area contributed by atoms with Gasteiger partial charge < -0.3 is 9.64 Å². The van der Waals surface area contributed by atoms with Gasteiger partial charge in [0.05, 0.1) is 44.6 Å². The monoisotopic (exact) mass is 294 g/mol. The minimum Gasteiger partial charge on any atom is -0.466 e. The molecule has 7 heteroatoms. The Kier molecular flexibility index (Phi) is 10.5. The molecule has 0 unspecified atom stereocenters. The van der Waals surface area contributed by atoms with Crippen molar-refractivity contribution in [2.45, 2.75) is 26.2 Å². The topological polar surface area (TPSA) is 97.4 Å². The van der Waals surface area contributed by atoms with Crippen LogP contribution >= 0.6 is 0 Å². The molecule has 21 heavy (non-hydrogen) atoms. The summed E-state index contributed by atoms with van der Waals surface area (Å²) in [6, 6.07) is 3.97. The third-order valence-corrected chi connectivity index (χ3v) is 2.75. The van der Waals surface area contributed by atoms with Gasteiger partial charge in [-0.3, -0.25) is 14.5 Å². The number of likely N-dealkylation sites (N-methyl/N-ethyl adjacent to an activating group) is 1. The number of nitriles is 2. The summed E-state index contributed by atoms with van der Waals surface area (Å²) in [6.45, 7) is 3.31. The standard InChI is InChI=1S/C14H22N4O3/c1-3-21-14(20)6-11-17(2)12-13(19)18(9-4-7-15)10-5-8-16/h3-6,9-12H2,1-2H3. The van der Waals surface area contributed by atoms with Gasteiger partial charge in [0.25, 0.3) is 0 Å². The molecule has 0 radical (unpaired) electrons. The molecule has 0 atom stereocenters. The van der Waals surface area contributed by atoms with Crippen LogP contribution in [0, 0.1) is 22.7 Å². The SMILES string of the molecule is CCOC(=O)CCN(C)CC(=O)N(CCC#N)CCC#N. The molecule has 0 saturated carbocycles. The van der Waals surface area contributed by atoms with Crippen LogP contribution in [0.3, 0.4) is 0 Å². The van der Waals surface area contributed by atoms with Crippen LogP contribution in [-0.4, -0.2) is 61.5 Å². The minimum absolute atomic E-state index is 0.146. The molecule has 0 spiro atoms. The maximum absolute atomic E-state index is 12.1. The Bertz CT molecular complexity index is 393. The largest absolute Gasteiger partial charge is 0.466 e. The summed E-state index contributed by atoms with van der Waals surface area (Å²) < 4.78 is 4.82. The number of hydrogen-bond donors (Lipinski definition) is 0. The van der Waals surface area contributed by atoms with E-state index in [0.29, 0.717) is 26.2 Å². The Morgan fingerprint density at radius 3 is 2.14 bits per heavy atom. The Balaban J connectivity index is 4.23. The number of carbonyl (C=O) groups excluding carboxylic acids is 2. The van der Waals surface area contributed by atoms with Gasteiger partial charge >= 0.3 is 5.97 Å².